The first kappa shape index (κ1) is 15.1. The lowest BCUT2D eigenvalue weighted by Gasteiger charge is -2.34. The van der Waals surface area contributed by atoms with E-state index in [1.165, 1.54) is 0 Å². The number of anilines is 1. The number of aromatic nitrogens is 2. The van der Waals surface area contributed by atoms with Gasteiger partial charge in [0.2, 0.25) is 5.95 Å². The number of benzene rings is 2. The zero-order chi connectivity index (χ0) is 16.5. The van der Waals surface area contributed by atoms with Gasteiger partial charge in [-0.15, -0.1) is 0 Å². The number of aliphatic hydroxyl groups is 1. The predicted octanol–water partition coefficient (Wildman–Crippen LogP) is 3.50. The third-order valence-corrected chi connectivity index (χ3v) is 4.84. The normalized spacial score (nSPS) is 21.2. The number of hydrogen-bond acceptors (Lipinski definition) is 4. The number of β-amino-alcohol motifs (C(OH)–C–C–N with tert-alkyl or cyclic N) is 1. The fourth-order valence-electron chi connectivity index (χ4n) is 3.25. The summed E-state index contributed by atoms with van der Waals surface area (Å²) < 4.78 is 0. The van der Waals surface area contributed by atoms with Crippen molar-refractivity contribution in [3.05, 3.63) is 54.6 Å². The lowest BCUT2D eigenvalue weighted by atomic mass is 9.96. The molecule has 1 N–H and O–H groups in total. The van der Waals surface area contributed by atoms with Gasteiger partial charge >= 0.3 is 0 Å². The molecule has 4 heteroatoms. The average molecular weight is 319 g/mol. The highest BCUT2D eigenvalue weighted by atomic mass is 16.3. The second-order valence-corrected chi connectivity index (χ2v) is 6.53. The molecule has 1 aliphatic rings. The van der Waals surface area contributed by atoms with Crippen LogP contribution in [0, 0.1) is 5.92 Å². The van der Waals surface area contributed by atoms with Gasteiger partial charge in [-0.2, -0.15) is 0 Å². The van der Waals surface area contributed by atoms with E-state index < -0.39 is 0 Å². The van der Waals surface area contributed by atoms with E-state index in [1.807, 2.05) is 36.4 Å². The molecular weight excluding hydrogens is 298 g/mol. The number of fused-ring (bicyclic) bond motifs is 1. The van der Waals surface area contributed by atoms with Crippen molar-refractivity contribution >= 4 is 16.9 Å². The summed E-state index contributed by atoms with van der Waals surface area (Å²) in [6.45, 7) is 3.57. The number of rotatable bonds is 2. The van der Waals surface area contributed by atoms with Crippen LogP contribution in [0.2, 0.25) is 0 Å². The summed E-state index contributed by atoms with van der Waals surface area (Å²) in [4.78, 5) is 11.7. The van der Waals surface area contributed by atoms with Crippen molar-refractivity contribution in [3.8, 4) is 11.3 Å². The molecule has 2 aromatic carbocycles. The molecule has 0 spiro atoms. The fraction of sp³-hybridized carbons (Fsp3) is 0.300. The van der Waals surface area contributed by atoms with Crippen molar-refractivity contribution in [1.29, 1.82) is 0 Å². The highest BCUT2D eigenvalue weighted by Crippen LogP contribution is 2.29. The van der Waals surface area contributed by atoms with Gasteiger partial charge in [-0.25, -0.2) is 9.97 Å². The van der Waals surface area contributed by atoms with Crippen LogP contribution in [-0.4, -0.2) is 34.3 Å². The molecule has 1 aromatic heterocycles. The van der Waals surface area contributed by atoms with Crippen LogP contribution in [0.25, 0.3) is 22.2 Å². The Morgan fingerprint density at radius 2 is 1.75 bits per heavy atom. The molecule has 24 heavy (non-hydrogen) atoms. The van der Waals surface area contributed by atoms with Crippen molar-refractivity contribution in [2.75, 3.05) is 18.0 Å². The Hall–Kier alpha value is -2.46. The molecule has 0 aliphatic carbocycles. The molecule has 1 fully saturated rings. The first-order valence-electron chi connectivity index (χ1n) is 8.47. The predicted molar refractivity (Wildman–Crippen MR) is 97.0 cm³/mol. The van der Waals surface area contributed by atoms with E-state index >= 15 is 0 Å². The zero-order valence-corrected chi connectivity index (χ0v) is 13.8. The van der Waals surface area contributed by atoms with Crippen LogP contribution in [0.3, 0.4) is 0 Å². The SMILES string of the molecule is CC1CCN(c2nc(-c3ccccc3)c3ccccc3n2)CC1O. The van der Waals surface area contributed by atoms with E-state index in [9.17, 15) is 5.11 Å². The molecule has 2 unspecified atom stereocenters. The van der Waals surface area contributed by atoms with E-state index in [-0.39, 0.29) is 6.10 Å². The molecule has 122 valence electrons. The Bertz CT molecular complexity index is 850. The van der Waals surface area contributed by atoms with Gasteiger partial charge < -0.3 is 10.0 Å². The lowest BCUT2D eigenvalue weighted by Crippen LogP contribution is -2.43. The molecule has 0 amide bonds. The second-order valence-electron chi connectivity index (χ2n) is 6.53. The minimum absolute atomic E-state index is 0.325. The molecule has 1 saturated heterocycles. The summed E-state index contributed by atoms with van der Waals surface area (Å²) in [5, 5.41) is 11.3. The molecule has 2 heterocycles. The van der Waals surface area contributed by atoms with Crippen LogP contribution >= 0.6 is 0 Å². The molecule has 1 aliphatic heterocycles. The summed E-state index contributed by atoms with van der Waals surface area (Å²) in [7, 11) is 0. The van der Waals surface area contributed by atoms with E-state index in [0.717, 1.165) is 35.1 Å². The minimum Gasteiger partial charge on any atom is -0.391 e. The molecule has 4 nitrogen and oxygen atoms in total. The highest BCUT2D eigenvalue weighted by Gasteiger charge is 2.26. The van der Waals surface area contributed by atoms with Crippen LogP contribution < -0.4 is 4.90 Å². The quantitative estimate of drug-likeness (QED) is 0.785. The Morgan fingerprint density at radius 1 is 1.00 bits per heavy atom. The van der Waals surface area contributed by atoms with E-state index in [0.29, 0.717) is 18.4 Å². The van der Waals surface area contributed by atoms with Gasteiger partial charge in [0.05, 0.1) is 17.3 Å². The van der Waals surface area contributed by atoms with Crippen LogP contribution in [0.15, 0.2) is 54.6 Å². The number of piperidine rings is 1. The van der Waals surface area contributed by atoms with Crippen LogP contribution in [0.5, 0.6) is 0 Å². The third kappa shape index (κ3) is 2.74. The van der Waals surface area contributed by atoms with Gasteiger partial charge in [0.15, 0.2) is 0 Å². The Kier molecular flexibility index (Phi) is 3.90. The maximum Gasteiger partial charge on any atom is 0.226 e. The average Bonchev–Trinajstić information content (AvgIpc) is 2.64. The van der Waals surface area contributed by atoms with Crippen molar-refractivity contribution < 1.29 is 5.11 Å². The van der Waals surface area contributed by atoms with Crippen molar-refractivity contribution in [3.63, 3.8) is 0 Å². The summed E-state index contributed by atoms with van der Waals surface area (Å²) in [6, 6.07) is 18.3. The van der Waals surface area contributed by atoms with E-state index in [4.69, 9.17) is 9.97 Å². The number of para-hydroxylation sites is 1. The van der Waals surface area contributed by atoms with Crippen LogP contribution in [-0.2, 0) is 0 Å². The summed E-state index contributed by atoms with van der Waals surface area (Å²) in [6.07, 6.45) is 0.631. The zero-order valence-electron chi connectivity index (χ0n) is 13.8. The van der Waals surface area contributed by atoms with E-state index in [2.05, 4.69) is 30.0 Å². The highest BCUT2D eigenvalue weighted by molar-refractivity contribution is 5.93. The Labute approximate surface area is 141 Å². The topological polar surface area (TPSA) is 49.2 Å². The van der Waals surface area contributed by atoms with Crippen molar-refractivity contribution in [1.82, 2.24) is 9.97 Å². The maximum absolute atomic E-state index is 10.2. The lowest BCUT2D eigenvalue weighted by molar-refractivity contribution is 0.102. The minimum atomic E-state index is -0.325. The third-order valence-electron chi connectivity index (χ3n) is 4.84. The molecule has 3 aromatic rings. The summed E-state index contributed by atoms with van der Waals surface area (Å²) in [5.74, 6) is 1.04. The van der Waals surface area contributed by atoms with Gasteiger partial charge in [0.25, 0.3) is 0 Å². The number of hydrogen-bond donors (Lipinski definition) is 1. The molecular formula is C20H21N3O. The van der Waals surface area contributed by atoms with Crippen molar-refractivity contribution in [2.45, 2.75) is 19.4 Å². The smallest absolute Gasteiger partial charge is 0.226 e. The monoisotopic (exact) mass is 319 g/mol. The van der Waals surface area contributed by atoms with E-state index in [1.54, 1.807) is 0 Å². The van der Waals surface area contributed by atoms with Crippen molar-refractivity contribution in [2.24, 2.45) is 5.92 Å². The van der Waals surface area contributed by atoms with Gasteiger partial charge in [-0.05, 0) is 18.4 Å². The molecule has 4 rings (SSSR count). The Morgan fingerprint density at radius 3 is 2.54 bits per heavy atom. The second kappa shape index (κ2) is 6.21. The van der Waals surface area contributed by atoms with Crippen LogP contribution in [0.4, 0.5) is 5.95 Å². The number of nitrogens with zero attached hydrogens (tertiary/aromatic N) is 3. The first-order chi connectivity index (χ1) is 11.7. The fourth-order valence-corrected chi connectivity index (χ4v) is 3.25. The van der Waals surface area contributed by atoms with Gasteiger partial charge in [-0.1, -0.05) is 55.5 Å². The summed E-state index contributed by atoms with van der Waals surface area (Å²) >= 11 is 0. The van der Waals surface area contributed by atoms with Gasteiger partial charge in [0.1, 0.15) is 0 Å². The molecule has 0 radical (unpaired) electrons. The van der Waals surface area contributed by atoms with Crippen LogP contribution in [0.1, 0.15) is 13.3 Å². The van der Waals surface area contributed by atoms with Gasteiger partial charge in [-0.3, -0.25) is 0 Å². The molecule has 0 bridgehead atoms. The Balaban J connectivity index is 1.83. The number of aliphatic hydroxyl groups excluding tert-OH is 1. The standard InChI is InChI=1S/C20H21N3O/c1-14-11-12-23(13-18(14)24)20-21-17-10-6-5-9-16(17)19(22-20)15-7-3-2-4-8-15/h2-10,14,18,24H,11-13H2,1H3. The maximum atomic E-state index is 10.2. The first-order valence-corrected chi connectivity index (χ1v) is 8.47. The van der Waals surface area contributed by atoms with Gasteiger partial charge in [0, 0.05) is 24.0 Å². The molecule has 2 atom stereocenters. The summed E-state index contributed by atoms with van der Waals surface area (Å²) in [5.41, 5.74) is 2.97. The largest absolute Gasteiger partial charge is 0.391 e. The molecule has 0 saturated carbocycles.